The van der Waals surface area contributed by atoms with Gasteiger partial charge in [0.1, 0.15) is 6.61 Å². The lowest BCUT2D eigenvalue weighted by Gasteiger charge is -2.30. The number of hydrogen-bond acceptors (Lipinski definition) is 3. The molecule has 0 heterocycles. The normalized spacial score (nSPS) is 20.2. The van der Waals surface area contributed by atoms with Gasteiger partial charge in [0.25, 0.3) is 0 Å². The predicted molar refractivity (Wildman–Crippen MR) is 93.9 cm³/mol. The highest BCUT2D eigenvalue weighted by Gasteiger charge is 2.24. The van der Waals surface area contributed by atoms with Gasteiger partial charge in [0.15, 0.2) is 0 Å². The van der Waals surface area contributed by atoms with E-state index in [1.807, 2.05) is 30.3 Å². The average molecular weight is 353 g/mol. The number of carbonyl (C=O) groups excluding carboxylic acids is 2. The minimum atomic E-state index is -0.405. The molecular weight excluding hydrogens is 328 g/mol. The van der Waals surface area contributed by atoms with Crippen molar-refractivity contribution in [1.82, 2.24) is 10.6 Å². The monoisotopic (exact) mass is 352 g/mol. The van der Waals surface area contributed by atoms with Crippen LogP contribution in [0.2, 0.25) is 0 Å². The van der Waals surface area contributed by atoms with Crippen molar-refractivity contribution in [1.29, 1.82) is 0 Å². The van der Waals surface area contributed by atoms with E-state index in [1.165, 1.54) is 0 Å². The summed E-state index contributed by atoms with van der Waals surface area (Å²) in [6.45, 7) is 0.262. The molecule has 0 bridgehead atoms. The van der Waals surface area contributed by atoms with Crippen molar-refractivity contribution < 1.29 is 14.3 Å². The van der Waals surface area contributed by atoms with Gasteiger partial charge in [-0.2, -0.15) is 0 Å². The van der Waals surface area contributed by atoms with Crippen LogP contribution in [0.5, 0.6) is 0 Å². The molecule has 2 amide bonds. The third-order valence-corrected chi connectivity index (χ3v) is 4.38. The van der Waals surface area contributed by atoms with Crippen LogP contribution in [0.15, 0.2) is 30.3 Å². The first-order valence-corrected chi connectivity index (χ1v) is 9.03. The predicted octanol–water partition coefficient (Wildman–Crippen LogP) is 3.36. The summed E-state index contributed by atoms with van der Waals surface area (Å²) in [4.78, 5) is 23.7. The van der Waals surface area contributed by atoms with E-state index in [-0.39, 0.29) is 24.6 Å². The Hall–Kier alpha value is -1.75. The molecular formula is C18H25ClN2O3. The zero-order valence-electron chi connectivity index (χ0n) is 13.8. The number of alkyl halides is 1. The first kappa shape index (κ1) is 18.6. The average Bonchev–Trinajstić information content (AvgIpc) is 2.59. The highest BCUT2D eigenvalue weighted by atomic mass is 35.5. The molecule has 1 fully saturated rings. The molecule has 1 aromatic carbocycles. The van der Waals surface area contributed by atoms with Crippen LogP contribution >= 0.6 is 11.6 Å². The largest absolute Gasteiger partial charge is 0.445 e. The van der Waals surface area contributed by atoms with Gasteiger partial charge in [-0.25, -0.2) is 4.79 Å². The van der Waals surface area contributed by atoms with Crippen LogP contribution in [0.25, 0.3) is 0 Å². The van der Waals surface area contributed by atoms with Gasteiger partial charge in [0.2, 0.25) is 5.91 Å². The second-order valence-corrected chi connectivity index (χ2v) is 6.50. The summed E-state index contributed by atoms with van der Waals surface area (Å²) in [6, 6.07) is 9.74. The quantitative estimate of drug-likeness (QED) is 0.739. The smallest absolute Gasteiger partial charge is 0.407 e. The zero-order valence-corrected chi connectivity index (χ0v) is 14.6. The van der Waals surface area contributed by atoms with Gasteiger partial charge in [0, 0.05) is 24.4 Å². The maximum absolute atomic E-state index is 11.9. The van der Waals surface area contributed by atoms with Crippen molar-refractivity contribution in [2.45, 2.75) is 57.2 Å². The van der Waals surface area contributed by atoms with Crippen molar-refractivity contribution in [3.05, 3.63) is 35.9 Å². The number of ether oxygens (including phenoxy) is 1. The highest BCUT2D eigenvalue weighted by Crippen LogP contribution is 2.19. The van der Waals surface area contributed by atoms with Crippen molar-refractivity contribution >= 4 is 23.6 Å². The molecule has 1 saturated carbocycles. The van der Waals surface area contributed by atoms with Crippen molar-refractivity contribution in [2.75, 3.05) is 5.88 Å². The first-order chi connectivity index (χ1) is 11.7. The molecule has 0 spiro atoms. The van der Waals surface area contributed by atoms with Crippen LogP contribution in [0.4, 0.5) is 4.79 Å². The van der Waals surface area contributed by atoms with E-state index < -0.39 is 6.09 Å². The maximum atomic E-state index is 11.9. The molecule has 0 aromatic heterocycles. The first-order valence-electron chi connectivity index (χ1n) is 8.50. The molecule has 6 heteroatoms. The summed E-state index contributed by atoms with van der Waals surface area (Å²) in [7, 11) is 0. The molecule has 132 valence electrons. The zero-order chi connectivity index (χ0) is 17.2. The van der Waals surface area contributed by atoms with Gasteiger partial charge < -0.3 is 15.4 Å². The number of amides is 2. The molecule has 2 atom stereocenters. The number of alkyl carbamates (subject to hydrolysis) is 1. The molecule has 0 saturated heterocycles. The van der Waals surface area contributed by atoms with Gasteiger partial charge >= 0.3 is 6.09 Å². The number of benzene rings is 1. The molecule has 24 heavy (non-hydrogen) atoms. The van der Waals surface area contributed by atoms with E-state index in [9.17, 15) is 9.59 Å². The fraction of sp³-hybridized carbons (Fsp3) is 0.556. The van der Waals surface area contributed by atoms with Gasteiger partial charge in [-0.05, 0) is 37.7 Å². The Morgan fingerprint density at radius 1 is 1.12 bits per heavy atom. The van der Waals surface area contributed by atoms with Crippen LogP contribution in [0, 0.1) is 0 Å². The lowest BCUT2D eigenvalue weighted by atomic mass is 9.91. The number of rotatable bonds is 7. The summed E-state index contributed by atoms with van der Waals surface area (Å²) >= 11 is 5.60. The third kappa shape index (κ3) is 6.79. The maximum Gasteiger partial charge on any atom is 0.407 e. The van der Waals surface area contributed by atoms with Gasteiger partial charge in [-0.3, -0.25) is 4.79 Å². The summed E-state index contributed by atoms with van der Waals surface area (Å²) in [6.07, 6.45) is 4.32. The van der Waals surface area contributed by atoms with Crippen molar-refractivity contribution in [3.8, 4) is 0 Å². The van der Waals surface area contributed by atoms with Gasteiger partial charge in [0.05, 0.1) is 0 Å². The Bertz CT molecular complexity index is 524. The third-order valence-electron chi connectivity index (χ3n) is 4.11. The minimum absolute atomic E-state index is 0.0351. The Balaban J connectivity index is 1.70. The molecule has 0 unspecified atom stereocenters. The summed E-state index contributed by atoms with van der Waals surface area (Å²) in [5.74, 6) is 0.531. The standard InChI is InChI=1S/C18H25ClN2O3/c19-11-5-10-17(22)20-15-8-4-9-16(12-15)21-18(23)24-13-14-6-2-1-3-7-14/h1-3,6-7,15-16H,4-5,8-13H2,(H,20,22)(H,21,23)/t15-,16+/m1/s1. The SMILES string of the molecule is O=C(CCCCl)N[C@@H]1CCC[C@H](NC(=O)OCc2ccccc2)C1. The van der Waals surface area contributed by atoms with E-state index in [1.54, 1.807) is 0 Å². The lowest BCUT2D eigenvalue weighted by Crippen LogP contribution is -2.45. The van der Waals surface area contributed by atoms with E-state index in [2.05, 4.69) is 10.6 Å². The number of carbonyl (C=O) groups is 2. The van der Waals surface area contributed by atoms with Crippen molar-refractivity contribution in [2.24, 2.45) is 0 Å². The number of hydrogen-bond donors (Lipinski definition) is 2. The number of nitrogens with one attached hydrogen (secondary N) is 2. The van der Waals surface area contributed by atoms with Crippen LogP contribution in [-0.4, -0.2) is 30.0 Å². The Morgan fingerprint density at radius 3 is 2.54 bits per heavy atom. The lowest BCUT2D eigenvalue weighted by molar-refractivity contribution is -0.122. The fourth-order valence-electron chi connectivity index (χ4n) is 2.91. The Morgan fingerprint density at radius 2 is 1.83 bits per heavy atom. The number of halogens is 1. The fourth-order valence-corrected chi connectivity index (χ4v) is 3.04. The molecule has 1 aliphatic carbocycles. The molecule has 2 N–H and O–H groups in total. The van der Waals surface area contributed by atoms with Gasteiger partial charge in [-0.1, -0.05) is 30.3 Å². The molecule has 0 radical (unpaired) electrons. The Labute approximate surface area is 148 Å². The molecule has 0 aliphatic heterocycles. The highest BCUT2D eigenvalue weighted by molar-refractivity contribution is 6.17. The van der Waals surface area contributed by atoms with Crippen LogP contribution in [-0.2, 0) is 16.1 Å². The van der Waals surface area contributed by atoms with E-state index >= 15 is 0 Å². The summed E-state index contributed by atoms with van der Waals surface area (Å²) < 4.78 is 5.25. The Kier molecular flexibility index (Phi) is 7.89. The van der Waals surface area contributed by atoms with Crippen LogP contribution < -0.4 is 10.6 Å². The van der Waals surface area contributed by atoms with E-state index in [4.69, 9.17) is 16.3 Å². The second kappa shape index (κ2) is 10.2. The van der Waals surface area contributed by atoms with E-state index in [0.717, 1.165) is 31.2 Å². The van der Waals surface area contributed by atoms with Crippen LogP contribution in [0.3, 0.4) is 0 Å². The van der Waals surface area contributed by atoms with Crippen molar-refractivity contribution in [3.63, 3.8) is 0 Å². The summed E-state index contributed by atoms with van der Waals surface area (Å²) in [5, 5.41) is 5.93. The molecule has 1 aromatic rings. The topological polar surface area (TPSA) is 67.4 Å². The van der Waals surface area contributed by atoms with Crippen LogP contribution in [0.1, 0.15) is 44.1 Å². The summed E-state index contributed by atoms with van der Waals surface area (Å²) in [5.41, 5.74) is 0.959. The second-order valence-electron chi connectivity index (χ2n) is 6.13. The molecule has 5 nitrogen and oxygen atoms in total. The van der Waals surface area contributed by atoms with Gasteiger partial charge in [-0.15, -0.1) is 11.6 Å². The minimum Gasteiger partial charge on any atom is -0.445 e. The molecule has 2 rings (SSSR count). The molecule has 1 aliphatic rings. The van der Waals surface area contributed by atoms with E-state index in [0.29, 0.717) is 18.7 Å².